The molecule has 2 aromatic heterocycles. The van der Waals surface area contributed by atoms with E-state index >= 15 is 0 Å². The predicted octanol–water partition coefficient (Wildman–Crippen LogP) is 1.52. The Hall–Kier alpha value is -1.98. The summed E-state index contributed by atoms with van der Waals surface area (Å²) in [6.07, 6.45) is 3.14. The lowest BCUT2D eigenvalue weighted by Crippen LogP contribution is -2.13. The molecule has 0 fully saturated rings. The lowest BCUT2D eigenvalue weighted by molar-refractivity contribution is 0.617. The predicted molar refractivity (Wildman–Crippen MR) is 57.2 cm³/mol. The number of nitrogens with zero attached hydrogens (tertiary/aromatic N) is 4. The number of hydrogen-bond acceptors (Lipinski definition) is 4. The van der Waals surface area contributed by atoms with Crippen LogP contribution in [0.5, 0.6) is 0 Å². The van der Waals surface area contributed by atoms with E-state index < -0.39 is 0 Å². The molecule has 5 nitrogen and oxygen atoms in total. The molecule has 84 valence electrons. The van der Waals surface area contributed by atoms with Crippen LogP contribution in [0.25, 0.3) is 0 Å². The van der Waals surface area contributed by atoms with Crippen molar-refractivity contribution in [3.63, 3.8) is 0 Å². The summed E-state index contributed by atoms with van der Waals surface area (Å²) in [4.78, 5) is 3.91. The van der Waals surface area contributed by atoms with Crippen molar-refractivity contribution in [2.75, 3.05) is 5.32 Å². The highest BCUT2D eigenvalue weighted by Gasteiger charge is 2.13. The molecule has 0 radical (unpaired) electrons. The van der Waals surface area contributed by atoms with Crippen molar-refractivity contribution >= 4 is 5.82 Å². The average molecular weight is 221 g/mol. The van der Waals surface area contributed by atoms with Gasteiger partial charge in [-0.3, -0.25) is 0 Å². The van der Waals surface area contributed by atoms with E-state index in [1.54, 1.807) is 17.0 Å². The van der Waals surface area contributed by atoms with Crippen LogP contribution in [0.4, 0.5) is 10.2 Å². The van der Waals surface area contributed by atoms with E-state index in [4.69, 9.17) is 0 Å². The summed E-state index contributed by atoms with van der Waals surface area (Å²) in [6, 6.07) is 2.75. The zero-order valence-corrected chi connectivity index (χ0v) is 9.05. The molecule has 1 atom stereocenters. The number of nitrogens with one attached hydrogen (secondary N) is 1. The number of aromatic nitrogens is 4. The monoisotopic (exact) mass is 221 g/mol. The van der Waals surface area contributed by atoms with Gasteiger partial charge in [-0.2, -0.15) is 0 Å². The van der Waals surface area contributed by atoms with Crippen molar-refractivity contribution in [2.24, 2.45) is 7.05 Å². The average Bonchev–Trinajstić information content (AvgIpc) is 2.68. The van der Waals surface area contributed by atoms with Gasteiger partial charge in [0, 0.05) is 13.2 Å². The molecule has 0 amide bonds. The highest BCUT2D eigenvalue weighted by molar-refractivity contribution is 5.37. The molecule has 1 N–H and O–H groups in total. The topological polar surface area (TPSA) is 55.6 Å². The SMILES string of the molecule is CC(Nc1ncccc1F)c1nncn1C. The molecule has 2 aromatic rings. The Morgan fingerprint density at radius 3 is 2.94 bits per heavy atom. The summed E-state index contributed by atoms with van der Waals surface area (Å²) in [7, 11) is 1.84. The third-order valence-corrected chi connectivity index (χ3v) is 2.25. The van der Waals surface area contributed by atoms with Crippen LogP contribution >= 0.6 is 0 Å². The molecule has 0 aliphatic rings. The summed E-state index contributed by atoms with van der Waals surface area (Å²) in [5.74, 6) is 0.569. The molecule has 16 heavy (non-hydrogen) atoms. The fourth-order valence-electron chi connectivity index (χ4n) is 1.45. The van der Waals surface area contributed by atoms with E-state index in [-0.39, 0.29) is 17.7 Å². The largest absolute Gasteiger partial charge is 0.358 e. The molecule has 2 heterocycles. The minimum absolute atomic E-state index is 0.156. The van der Waals surface area contributed by atoms with Crippen molar-refractivity contribution in [2.45, 2.75) is 13.0 Å². The van der Waals surface area contributed by atoms with Crippen LogP contribution < -0.4 is 5.32 Å². The molecule has 2 rings (SSSR count). The van der Waals surface area contributed by atoms with Gasteiger partial charge in [0.05, 0.1) is 6.04 Å². The third-order valence-electron chi connectivity index (χ3n) is 2.25. The fraction of sp³-hybridized carbons (Fsp3) is 0.300. The zero-order valence-electron chi connectivity index (χ0n) is 9.05. The van der Waals surface area contributed by atoms with Crippen LogP contribution in [0.2, 0.25) is 0 Å². The van der Waals surface area contributed by atoms with E-state index in [1.165, 1.54) is 12.3 Å². The van der Waals surface area contributed by atoms with Gasteiger partial charge in [0.15, 0.2) is 17.5 Å². The molecule has 0 saturated carbocycles. The van der Waals surface area contributed by atoms with Crippen molar-refractivity contribution in [1.29, 1.82) is 0 Å². The number of aryl methyl sites for hydroxylation is 1. The standard InChI is InChI=1S/C10H12FN5/c1-7(10-15-13-6-16(10)2)14-9-8(11)4-3-5-12-9/h3-7H,1-2H3,(H,12,14). The molecular weight excluding hydrogens is 209 g/mol. The van der Waals surface area contributed by atoms with Crippen LogP contribution in [0.1, 0.15) is 18.8 Å². The smallest absolute Gasteiger partial charge is 0.165 e. The molecule has 6 heteroatoms. The van der Waals surface area contributed by atoms with Crippen molar-refractivity contribution in [3.8, 4) is 0 Å². The van der Waals surface area contributed by atoms with E-state index in [9.17, 15) is 4.39 Å². The maximum absolute atomic E-state index is 13.3. The Morgan fingerprint density at radius 2 is 2.31 bits per heavy atom. The van der Waals surface area contributed by atoms with E-state index in [0.717, 1.165) is 5.82 Å². The molecule has 1 unspecified atom stereocenters. The second-order valence-corrected chi connectivity index (χ2v) is 3.50. The summed E-state index contributed by atoms with van der Waals surface area (Å²) in [5, 5.41) is 10.7. The minimum atomic E-state index is -0.378. The van der Waals surface area contributed by atoms with Gasteiger partial charge in [0.1, 0.15) is 6.33 Å². The van der Waals surface area contributed by atoms with Crippen molar-refractivity contribution in [1.82, 2.24) is 19.7 Å². The second kappa shape index (κ2) is 4.26. The summed E-state index contributed by atoms with van der Waals surface area (Å²) >= 11 is 0. The highest BCUT2D eigenvalue weighted by atomic mass is 19.1. The van der Waals surface area contributed by atoms with Crippen LogP contribution in [0.3, 0.4) is 0 Å². The van der Waals surface area contributed by atoms with Gasteiger partial charge < -0.3 is 9.88 Å². The summed E-state index contributed by atoms with van der Waals surface area (Å²) in [5.41, 5.74) is 0. The molecule has 0 saturated heterocycles. The number of hydrogen-bond donors (Lipinski definition) is 1. The maximum Gasteiger partial charge on any atom is 0.165 e. The zero-order chi connectivity index (χ0) is 11.5. The highest BCUT2D eigenvalue weighted by Crippen LogP contribution is 2.17. The summed E-state index contributed by atoms with van der Waals surface area (Å²) < 4.78 is 15.1. The van der Waals surface area contributed by atoms with Crippen LogP contribution in [0.15, 0.2) is 24.7 Å². The van der Waals surface area contributed by atoms with Crippen LogP contribution in [-0.2, 0) is 7.05 Å². The number of rotatable bonds is 3. The Balaban J connectivity index is 2.17. The Kier molecular flexibility index (Phi) is 2.80. The third kappa shape index (κ3) is 2.00. The molecule has 0 bridgehead atoms. The molecular formula is C10H12FN5. The number of pyridine rings is 1. The quantitative estimate of drug-likeness (QED) is 0.853. The fourth-order valence-corrected chi connectivity index (χ4v) is 1.45. The van der Waals surface area contributed by atoms with Gasteiger partial charge in [0.2, 0.25) is 0 Å². The van der Waals surface area contributed by atoms with Crippen LogP contribution in [0, 0.1) is 5.82 Å². The Bertz CT molecular complexity index is 482. The van der Waals surface area contributed by atoms with Gasteiger partial charge in [0.25, 0.3) is 0 Å². The van der Waals surface area contributed by atoms with Gasteiger partial charge in [-0.1, -0.05) is 0 Å². The molecule has 0 spiro atoms. The molecule has 0 aromatic carbocycles. The van der Waals surface area contributed by atoms with Gasteiger partial charge in [-0.15, -0.1) is 10.2 Å². The van der Waals surface area contributed by atoms with E-state index in [0.29, 0.717) is 0 Å². The maximum atomic E-state index is 13.3. The Labute approximate surface area is 92.3 Å². The number of anilines is 1. The van der Waals surface area contributed by atoms with Gasteiger partial charge in [-0.05, 0) is 19.1 Å². The van der Waals surface area contributed by atoms with Crippen molar-refractivity contribution in [3.05, 3.63) is 36.3 Å². The minimum Gasteiger partial charge on any atom is -0.358 e. The number of halogens is 1. The first-order valence-corrected chi connectivity index (χ1v) is 4.89. The van der Waals surface area contributed by atoms with E-state index in [2.05, 4.69) is 20.5 Å². The van der Waals surface area contributed by atoms with Gasteiger partial charge in [-0.25, -0.2) is 9.37 Å². The van der Waals surface area contributed by atoms with Crippen molar-refractivity contribution < 1.29 is 4.39 Å². The first-order chi connectivity index (χ1) is 7.68. The first kappa shape index (κ1) is 10.5. The van der Waals surface area contributed by atoms with Crippen LogP contribution in [-0.4, -0.2) is 19.7 Å². The first-order valence-electron chi connectivity index (χ1n) is 4.89. The Morgan fingerprint density at radius 1 is 1.50 bits per heavy atom. The lowest BCUT2D eigenvalue weighted by Gasteiger charge is -2.13. The normalized spacial score (nSPS) is 12.4. The summed E-state index contributed by atoms with van der Waals surface area (Å²) in [6.45, 7) is 1.87. The lowest BCUT2D eigenvalue weighted by atomic mass is 10.3. The molecule has 0 aliphatic heterocycles. The van der Waals surface area contributed by atoms with Gasteiger partial charge >= 0.3 is 0 Å². The second-order valence-electron chi connectivity index (χ2n) is 3.50. The molecule has 0 aliphatic carbocycles. The van der Waals surface area contributed by atoms with E-state index in [1.807, 2.05) is 14.0 Å².